The van der Waals surface area contributed by atoms with Crippen LogP contribution in [0.3, 0.4) is 0 Å². The van der Waals surface area contributed by atoms with Gasteiger partial charge in [-0.3, -0.25) is 0 Å². The second kappa shape index (κ2) is 4.64. The summed E-state index contributed by atoms with van der Waals surface area (Å²) in [5.41, 5.74) is -0.738. The molecule has 1 heterocycles. The van der Waals surface area contributed by atoms with E-state index in [1.807, 2.05) is 0 Å². The Hall–Kier alpha value is -1.77. The van der Waals surface area contributed by atoms with Crippen molar-refractivity contribution >= 4 is 0 Å². The van der Waals surface area contributed by atoms with Crippen molar-refractivity contribution in [3.8, 4) is 11.9 Å². The highest BCUT2D eigenvalue weighted by molar-refractivity contribution is 5.29. The maximum Gasteiger partial charge on any atom is 0.266 e. The second-order valence-electron chi connectivity index (χ2n) is 2.66. The van der Waals surface area contributed by atoms with Crippen molar-refractivity contribution in [1.29, 1.82) is 5.26 Å². The highest BCUT2D eigenvalue weighted by Gasteiger charge is 2.19. The van der Waals surface area contributed by atoms with Crippen molar-refractivity contribution in [2.45, 2.75) is 12.8 Å². The topological polar surface area (TPSA) is 45.9 Å². The Morgan fingerprint density at radius 3 is 2.73 bits per heavy atom. The Kier molecular flexibility index (Phi) is 3.50. The molecule has 0 aliphatic rings. The molecule has 1 aromatic heterocycles. The highest BCUT2D eigenvalue weighted by Crippen LogP contribution is 2.27. The predicted octanol–water partition coefficient (Wildman–Crippen LogP) is 2.23. The van der Waals surface area contributed by atoms with Gasteiger partial charge in [0.25, 0.3) is 12.3 Å². The van der Waals surface area contributed by atoms with Crippen molar-refractivity contribution in [3.63, 3.8) is 0 Å². The van der Waals surface area contributed by atoms with Crippen molar-refractivity contribution in [1.82, 2.24) is 4.98 Å². The second-order valence-corrected chi connectivity index (χ2v) is 2.66. The molecule has 0 aliphatic heterocycles. The molecule has 1 aromatic rings. The summed E-state index contributed by atoms with van der Waals surface area (Å²) in [6, 6.07) is 2.60. The summed E-state index contributed by atoms with van der Waals surface area (Å²) in [5, 5.41) is 8.37. The number of rotatable bonds is 3. The van der Waals surface area contributed by atoms with E-state index in [4.69, 9.17) is 5.26 Å². The van der Waals surface area contributed by atoms with Crippen LogP contribution in [0.15, 0.2) is 6.07 Å². The summed E-state index contributed by atoms with van der Waals surface area (Å²) in [5.74, 6) is -1.70. The van der Waals surface area contributed by atoms with E-state index in [0.29, 0.717) is 0 Å². The van der Waals surface area contributed by atoms with Crippen molar-refractivity contribution in [3.05, 3.63) is 23.1 Å². The number of methoxy groups -OCH3 is 1. The Morgan fingerprint density at radius 2 is 2.27 bits per heavy atom. The van der Waals surface area contributed by atoms with Crippen molar-refractivity contribution in [2.24, 2.45) is 0 Å². The minimum absolute atomic E-state index is 0.0612. The molecule has 3 nitrogen and oxygen atoms in total. The van der Waals surface area contributed by atoms with Crippen LogP contribution in [0.4, 0.5) is 13.2 Å². The third-order valence-corrected chi connectivity index (χ3v) is 1.70. The average molecular weight is 216 g/mol. The summed E-state index contributed by atoms with van der Waals surface area (Å²) in [7, 11) is 1.12. The quantitative estimate of drug-likeness (QED) is 0.778. The zero-order valence-electron chi connectivity index (χ0n) is 7.80. The van der Waals surface area contributed by atoms with Gasteiger partial charge in [-0.2, -0.15) is 5.26 Å². The zero-order chi connectivity index (χ0) is 11.4. The Morgan fingerprint density at radius 1 is 1.60 bits per heavy atom. The zero-order valence-corrected chi connectivity index (χ0v) is 7.80. The Bertz CT molecular complexity index is 401. The van der Waals surface area contributed by atoms with Gasteiger partial charge in [-0.1, -0.05) is 0 Å². The van der Waals surface area contributed by atoms with Gasteiger partial charge in [0.15, 0.2) is 5.82 Å². The molecule has 0 radical (unpaired) electrons. The molecule has 0 atom stereocenters. The van der Waals surface area contributed by atoms with Crippen molar-refractivity contribution < 1.29 is 17.9 Å². The molecule has 0 amide bonds. The van der Waals surface area contributed by atoms with E-state index in [1.165, 1.54) is 0 Å². The van der Waals surface area contributed by atoms with Gasteiger partial charge in [0.1, 0.15) is 0 Å². The van der Waals surface area contributed by atoms with Crippen LogP contribution in [0.2, 0.25) is 0 Å². The highest BCUT2D eigenvalue weighted by atomic mass is 19.3. The summed E-state index contributed by atoms with van der Waals surface area (Å²) >= 11 is 0. The van der Waals surface area contributed by atoms with E-state index in [-0.39, 0.29) is 12.1 Å². The minimum Gasteiger partial charge on any atom is -0.479 e. The molecule has 0 aliphatic carbocycles. The fourth-order valence-electron chi connectivity index (χ4n) is 1.04. The van der Waals surface area contributed by atoms with E-state index in [2.05, 4.69) is 9.72 Å². The molecule has 0 spiro atoms. The van der Waals surface area contributed by atoms with Crippen LogP contribution in [-0.2, 0) is 6.42 Å². The number of nitriles is 1. The number of pyridine rings is 1. The molecule has 80 valence electrons. The molecular formula is C9H7F3N2O. The van der Waals surface area contributed by atoms with E-state index in [0.717, 1.165) is 13.2 Å². The fraction of sp³-hybridized carbons (Fsp3) is 0.333. The largest absolute Gasteiger partial charge is 0.479 e. The van der Waals surface area contributed by atoms with Crippen LogP contribution >= 0.6 is 0 Å². The fourth-order valence-corrected chi connectivity index (χ4v) is 1.04. The number of hydrogen-bond donors (Lipinski definition) is 0. The minimum atomic E-state index is -2.96. The molecule has 0 saturated heterocycles. The third-order valence-electron chi connectivity index (χ3n) is 1.70. The number of halogens is 3. The first-order chi connectivity index (χ1) is 7.10. The van der Waals surface area contributed by atoms with Gasteiger partial charge in [0.2, 0.25) is 0 Å². The first-order valence-electron chi connectivity index (χ1n) is 3.98. The van der Waals surface area contributed by atoms with Gasteiger partial charge >= 0.3 is 0 Å². The van der Waals surface area contributed by atoms with Gasteiger partial charge in [-0.15, -0.1) is 0 Å². The lowest BCUT2D eigenvalue weighted by molar-refractivity contribution is 0.144. The standard InChI is InChI=1S/C9H7F3N2O/c1-15-9-7(10)6(8(11)12)4-5(14-9)2-3-13/h4,8H,2H2,1H3. The van der Waals surface area contributed by atoms with Gasteiger partial charge in [0, 0.05) is 0 Å². The van der Waals surface area contributed by atoms with Gasteiger partial charge < -0.3 is 4.74 Å². The monoisotopic (exact) mass is 216 g/mol. The molecule has 0 saturated carbocycles. The first-order valence-corrected chi connectivity index (χ1v) is 3.98. The molecule has 0 aromatic carbocycles. The average Bonchev–Trinajstić information content (AvgIpc) is 2.20. The molecule has 0 unspecified atom stereocenters. The van der Waals surface area contributed by atoms with Crippen LogP contribution in [0.25, 0.3) is 0 Å². The van der Waals surface area contributed by atoms with Crippen molar-refractivity contribution in [2.75, 3.05) is 7.11 Å². The lowest BCUT2D eigenvalue weighted by atomic mass is 10.2. The summed E-state index contributed by atoms with van der Waals surface area (Å²) in [4.78, 5) is 3.57. The van der Waals surface area contributed by atoms with Gasteiger partial charge in [-0.25, -0.2) is 18.2 Å². The smallest absolute Gasteiger partial charge is 0.266 e. The molecule has 15 heavy (non-hydrogen) atoms. The molecule has 6 heteroatoms. The number of ether oxygens (including phenoxy) is 1. The van der Waals surface area contributed by atoms with Crippen LogP contribution in [-0.4, -0.2) is 12.1 Å². The SMILES string of the molecule is COc1nc(CC#N)cc(C(F)F)c1F. The van der Waals surface area contributed by atoms with Crippen LogP contribution in [0.5, 0.6) is 5.88 Å². The maximum absolute atomic E-state index is 13.2. The predicted molar refractivity (Wildman–Crippen MR) is 45.0 cm³/mol. The number of nitrogens with zero attached hydrogens (tertiary/aromatic N) is 2. The van der Waals surface area contributed by atoms with Crippen LogP contribution < -0.4 is 4.74 Å². The Balaban J connectivity index is 3.26. The normalized spacial score (nSPS) is 10.1. The van der Waals surface area contributed by atoms with E-state index < -0.39 is 23.7 Å². The molecule has 0 bridgehead atoms. The molecule has 1 rings (SSSR count). The summed E-state index contributed by atoms with van der Waals surface area (Å²) in [6.07, 6.45) is -3.13. The van der Waals surface area contributed by atoms with E-state index in [1.54, 1.807) is 6.07 Å². The van der Waals surface area contributed by atoms with Crippen LogP contribution in [0, 0.1) is 17.1 Å². The van der Waals surface area contributed by atoms with E-state index >= 15 is 0 Å². The number of aromatic nitrogens is 1. The number of hydrogen-bond acceptors (Lipinski definition) is 3. The lowest BCUT2D eigenvalue weighted by Gasteiger charge is -2.07. The van der Waals surface area contributed by atoms with Crippen LogP contribution in [0.1, 0.15) is 17.7 Å². The third kappa shape index (κ3) is 2.37. The van der Waals surface area contributed by atoms with Gasteiger partial charge in [0.05, 0.1) is 30.9 Å². The molecule has 0 fully saturated rings. The lowest BCUT2D eigenvalue weighted by Crippen LogP contribution is -2.02. The maximum atomic E-state index is 13.2. The Labute approximate surface area is 84.1 Å². The first kappa shape index (κ1) is 11.3. The number of alkyl halides is 2. The molecule has 0 N–H and O–H groups in total. The summed E-state index contributed by atoms with van der Waals surface area (Å²) in [6.45, 7) is 0. The summed E-state index contributed by atoms with van der Waals surface area (Å²) < 4.78 is 42.4. The molecular weight excluding hydrogens is 209 g/mol. The van der Waals surface area contributed by atoms with E-state index in [9.17, 15) is 13.2 Å². The van der Waals surface area contributed by atoms with Gasteiger partial charge in [-0.05, 0) is 6.07 Å².